The van der Waals surface area contributed by atoms with Crippen molar-refractivity contribution in [3.63, 3.8) is 0 Å². The van der Waals surface area contributed by atoms with Gasteiger partial charge in [-0.1, -0.05) is 23.8 Å². The van der Waals surface area contributed by atoms with Crippen LogP contribution in [0.25, 0.3) is 0 Å². The summed E-state index contributed by atoms with van der Waals surface area (Å²) < 4.78 is 52.8. The van der Waals surface area contributed by atoms with Gasteiger partial charge in [-0.15, -0.1) is 0 Å². The molecule has 2 aromatic carbocycles. The maximum absolute atomic E-state index is 12.5. The fraction of sp³-hybridized carbons (Fsp3) is 0.235. The Morgan fingerprint density at radius 2 is 1.71 bits per heavy atom. The number of ether oxygens (including phenoxy) is 1. The monoisotopic (exact) mass is 354 g/mol. The van der Waals surface area contributed by atoms with E-state index in [9.17, 15) is 22.0 Å². The molecule has 0 unspecified atom stereocenters. The topological polar surface area (TPSA) is 60.4 Å². The van der Waals surface area contributed by atoms with E-state index in [0.717, 1.165) is 41.0 Å². The zero-order valence-electron chi connectivity index (χ0n) is 13.1. The number of halogens is 2. The lowest BCUT2D eigenvalue weighted by molar-refractivity contribution is 0.0472. The number of carbonyl (C=O) groups excluding carboxylic acids is 1. The molecule has 0 aliphatic heterocycles. The molecule has 0 amide bonds. The Morgan fingerprint density at radius 3 is 2.29 bits per heavy atom. The van der Waals surface area contributed by atoms with Crippen LogP contribution >= 0.6 is 0 Å². The predicted octanol–water partition coefficient (Wildman–Crippen LogP) is 3.66. The highest BCUT2D eigenvalue weighted by atomic mass is 32.2. The third-order valence-corrected chi connectivity index (χ3v) is 4.91. The maximum atomic E-state index is 12.5. The molecule has 0 bridgehead atoms. The average Bonchev–Trinajstić information content (AvgIpc) is 2.55. The Labute approximate surface area is 139 Å². The SMILES string of the molecule is Cc1ccc(C)c(COC(=O)c2ccc(S(=O)(=O)C(F)F)cc2)c1. The number of benzene rings is 2. The summed E-state index contributed by atoms with van der Waals surface area (Å²) in [4.78, 5) is 11.5. The zero-order valence-corrected chi connectivity index (χ0v) is 13.9. The maximum Gasteiger partial charge on any atom is 0.341 e. The van der Waals surface area contributed by atoms with Gasteiger partial charge in [0.05, 0.1) is 10.5 Å². The van der Waals surface area contributed by atoms with E-state index in [-0.39, 0.29) is 12.2 Å². The minimum absolute atomic E-state index is 0.0728. The first kappa shape index (κ1) is 18.1. The quantitative estimate of drug-likeness (QED) is 0.769. The summed E-state index contributed by atoms with van der Waals surface area (Å²) in [7, 11) is -4.67. The highest BCUT2D eigenvalue weighted by molar-refractivity contribution is 7.91. The second kappa shape index (κ2) is 7.09. The second-order valence-corrected chi connectivity index (χ2v) is 7.25. The molecule has 0 aromatic heterocycles. The van der Waals surface area contributed by atoms with E-state index in [1.54, 1.807) is 0 Å². The van der Waals surface area contributed by atoms with Gasteiger partial charge in [0.1, 0.15) is 6.61 Å². The summed E-state index contributed by atoms with van der Waals surface area (Å²) in [6.45, 7) is 3.89. The van der Waals surface area contributed by atoms with E-state index in [2.05, 4.69) is 0 Å². The van der Waals surface area contributed by atoms with Gasteiger partial charge >= 0.3 is 11.7 Å². The minimum atomic E-state index is -4.67. The van der Waals surface area contributed by atoms with Crippen LogP contribution in [0.2, 0.25) is 0 Å². The van der Waals surface area contributed by atoms with Gasteiger partial charge in [-0.25, -0.2) is 13.2 Å². The lowest BCUT2D eigenvalue weighted by Gasteiger charge is -2.09. The Morgan fingerprint density at radius 1 is 1.08 bits per heavy atom. The molecule has 0 fully saturated rings. The molecular weight excluding hydrogens is 338 g/mol. The highest BCUT2D eigenvalue weighted by Crippen LogP contribution is 2.19. The summed E-state index contributed by atoms with van der Waals surface area (Å²) in [6.07, 6.45) is 0. The van der Waals surface area contributed by atoms with Gasteiger partial charge < -0.3 is 4.74 Å². The molecule has 0 saturated carbocycles. The van der Waals surface area contributed by atoms with Gasteiger partial charge in [-0.2, -0.15) is 8.78 Å². The Kier molecular flexibility index (Phi) is 5.33. The van der Waals surface area contributed by atoms with Crippen molar-refractivity contribution in [2.75, 3.05) is 0 Å². The number of aryl methyl sites for hydroxylation is 2. The van der Waals surface area contributed by atoms with Crippen LogP contribution in [0, 0.1) is 13.8 Å². The van der Waals surface area contributed by atoms with Crippen LogP contribution in [0.1, 0.15) is 27.0 Å². The average molecular weight is 354 g/mol. The molecule has 0 spiro atoms. The van der Waals surface area contributed by atoms with E-state index in [1.807, 2.05) is 32.0 Å². The van der Waals surface area contributed by atoms with Gasteiger partial charge in [0.15, 0.2) is 0 Å². The molecular formula is C17H16F2O4S. The zero-order chi connectivity index (χ0) is 17.9. The van der Waals surface area contributed by atoms with Crippen molar-refractivity contribution in [3.8, 4) is 0 Å². The lowest BCUT2D eigenvalue weighted by atomic mass is 10.1. The fourth-order valence-corrected chi connectivity index (χ4v) is 2.79. The molecule has 0 aliphatic rings. The molecule has 0 radical (unpaired) electrons. The van der Waals surface area contributed by atoms with Gasteiger partial charge in [-0.05, 0) is 49.2 Å². The first-order valence-corrected chi connectivity index (χ1v) is 8.62. The molecule has 7 heteroatoms. The van der Waals surface area contributed by atoms with Crippen molar-refractivity contribution in [2.45, 2.75) is 31.1 Å². The molecule has 0 heterocycles. The van der Waals surface area contributed by atoms with E-state index in [0.29, 0.717) is 0 Å². The first-order chi connectivity index (χ1) is 11.2. The van der Waals surface area contributed by atoms with Crippen LogP contribution in [0.5, 0.6) is 0 Å². The summed E-state index contributed by atoms with van der Waals surface area (Å²) in [6, 6.07) is 10.0. The molecule has 0 atom stereocenters. The van der Waals surface area contributed by atoms with Crippen molar-refractivity contribution < 1.29 is 26.7 Å². The lowest BCUT2D eigenvalue weighted by Crippen LogP contribution is -2.12. The van der Waals surface area contributed by atoms with Crippen molar-refractivity contribution >= 4 is 15.8 Å². The van der Waals surface area contributed by atoms with E-state index < -0.39 is 26.5 Å². The number of hydrogen-bond acceptors (Lipinski definition) is 4. The summed E-state index contributed by atoms with van der Waals surface area (Å²) in [5.74, 6) is -4.16. The number of sulfone groups is 1. The number of rotatable bonds is 5. The van der Waals surface area contributed by atoms with Crippen molar-refractivity contribution in [1.29, 1.82) is 0 Å². The van der Waals surface area contributed by atoms with Crippen LogP contribution in [0.3, 0.4) is 0 Å². The molecule has 128 valence electrons. The number of hydrogen-bond donors (Lipinski definition) is 0. The van der Waals surface area contributed by atoms with Gasteiger partial charge in [0.25, 0.3) is 0 Å². The van der Waals surface area contributed by atoms with E-state index >= 15 is 0 Å². The van der Waals surface area contributed by atoms with Crippen LogP contribution in [0.4, 0.5) is 8.78 Å². The van der Waals surface area contributed by atoms with Crippen LogP contribution in [-0.2, 0) is 21.2 Å². The van der Waals surface area contributed by atoms with Crippen LogP contribution in [0.15, 0.2) is 47.4 Å². The Balaban J connectivity index is 2.09. The van der Waals surface area contributed by atoms with Gasteiger partial charge in [0, 0.05) is 0 Å². The molecule has 2 aromatic rings. The van der Waals surface area contributed by atoms with Crippen molar-refractivity contribution in [3.05, 3.63) is 64.7 Å². The van der Waals surface area contributed by atoms with E-state index in [1.165, 1.54) is 0 Å². The molecule has 0 saturated heterocycles. The fourth-order valence-electron chi connectivity index (χ4n) is 2.07. The van der Waals surface area contributed by atoms with E-state index in [4.69, 9.17) is 4.74 Å². The number of alkyl halides is 2. The molecule has 24 heavy (non-hydrogen) atoms. The van der Waals surface area contributed by atoms with Crippen LogP contribution in [-0.4, -0.2) is 20.1 Å². The summed E-state index contributed by atoms with van der Waals surface area (Å²) >= 11 is 0. The third kappa shape index (κ3) is 3.97. The number of carbonyl (C=O) groups is 1. The standard InChI is InChI=1S/C17H16F2O4S/c1-11-3-4-12(2)14(9-11)10-23-16(20)13-5-7-15(8-6-13)24(21,22)17(18)19/h3-9,17H,10H2,1-2H3. The predicted molar refractivity (Wildman–Crippen MR) is 84.7 cm³/mol. The van der Waals surface area contributed by atoms with Crippen molar-refractivity contribution in [2.24, 2.45) is 0 Å². The minimum Gasteiger partial charge on any atom is -0.457 e. The van der Waals surface area contributed by atoms with Gasteiger partial charge in [-0.3, -0.25) is 0 Å². The largest absolute Gasteiger partial charge is 0.457 e. The third-order valence-electron chi connectivity index (χ3n) is 3.52. The Hall–Kier alpha value is -2.28. The smallest absolute Gasteiger partial charge is 0.341 e. The normalized spacial score (nSPS) is 11.5. The van der Waals surface area contributed by atoms with Crippen LogP contribution < -0.4 is 0 Å². The second-order valence-electron chi connectivity index (χ2n) is 5.34. The number of esters is 1. The molecule has 0 N–H and O–H groups in total. The Bertz CT molecular complexity index is 843. The van der Waals surface area contributed by atoms with Crippen molar-refractivity contribution in [1.82, 2.24) is 0 Å². The molecule has 2 rings (SSSR count). The van der Waals surface area contributed by atoms with Gasteiger partial charge in [0.2, 0.25) is 9.84 Å². The molecule has 0 aliphatic carbocycles. The summed E-state index contributed by atoms with van der Waals surface area (Å²) in [5, 5.41) is 0. The first-order valence-electron chi connectivity index (χ1n) is 7.07. The highest BCUT2D eigenvalue weighted by Gasteiger charge is 2.26. The molecule has 4 nitrogen and oxygen atoms in total. The summed E-state index contributed by atoms with van der Waals surface area (Å²) in [5.41, 5.74) is 2.97.